The lowest BCUT2D eigenvalue weighted by molar-refractivity contribution is -0.134. The summed E-state index contributed by atoms with van der Waals surface area (Å²) >= 11 is 0. The van der Waals surface area contributed by atoms with Gasteiger partial charge in [0, 0.05) is 26.3 Å². The molecular weight excluding hydrogens is 276 g/mol. The SMILES string of the molecule is CCC(=O)NC.CCC(F)(F)F.CCCC(F)(F)F. The van der Waals surface area contributed by atoms with Gasteiger partial charge in [0.15, 0.2) is 0 Å². The molecule has 0 aromatic heterocycles. The Bertz CT molecular complexity index is 206. The number of carbonyl (C=O) groups is 1. The number of amides is 1. The van der Waals surface area contributed by atoms with Crippen LogP contribution >= 0.6 is 0 Å². The molecule has 0 rings (SSSR count). The molecular formula is C11H21F6NO. The highest BCUT2D eigenvalue weighted by atomic mass is 19.4. The molecule has 0 saturated carbocycles. The second-order valence-electron chi connectivity index (χ2n) is 3.36. The first-order valence-corrected chi connectivity index (χ1v) is 5.77. The maximum atomic E-state index is 11.1. The summed E-state index contributed by atoms with van der Waals surface area (Å²) in [5, 5.41) is 2.48. The van der Waals surface area contributed by atoms with Gasteiger partial charge in [-0.2, -0.15) is 26.3 Å². The van der Waals surface area contributed by atoms with Crippen molar-refractivity contribution >= 4 is 5.91 Å². The monoisotopic (exact) mass is 297 g/mol. The first-order valence-electron chi connectivity index (χ1n) is 5.77. The topological polar surface area (TPSA) is 29.1 Å². The molecule has 0 atom stereocenters. The Morgan fingerprint density at radius 1 is 0.947 bits per heavy atom. The summed E-state index contributed by atoms with van der Waals surface area (Å²) in [6, 6.07) is 0. The molecule has 0 unspecified atom stereocenters. The van der Waals surface area contributed by atoms with E-state index in [1.54, 1.807) is 7.05 Å². The van der Waals surface area contributed by atoms with Crippen molar-refractivity contribution in [1.29, 1.82) is 0 Å². The van der Waals surface area contributed by atoms with Gasteiger partial charge in [0.1, 0.15) is 0 Å². The van der Waals surface area contributed by atoms with Crippen molar-refractivity contribution in [2.75, 3.05) is 7.05 Å². The summed E-state index contributed by atoms with van der Waals surface area (Å²) in [6.45, 7) is 4.41. The Morgan fingerprint density at radius 2 is 1.32 bits per heavy atom. The molecule has 0 aliphatic carbocycles. The first kappa shape index (κ1) is 23.2. The van der Waals surface area contributed by atoms with E-state index < -0.39 is 25.2 Å². The van der Waals surface area contributed by atoms with Gasteiger partial charge in [0.25, 0.3) is 0 Å². The summed E-state index contributed by atoms with van der Waals surface area (Å²) in [5.41, 5.74) is 0. The Morgan fingerprint density at radius 3 is 1.32 bits per heavy atom. The average Bonchev–Trinajstić information content (AvgIpc) is 2.27. The van der Waals surface area contributed by atoms with Crippen LogP contribution in [0.15, 0.2) is 0 Å². The van der Waals surface area contributed by atoms with Gasteiger partial charge >= 0.3 is 12.4 Å². The normalized spacial score (nSPS) is 10.6. The van der Waals surface area contributed by atoms with Crippen molar-refractivity contribution in [3.05, 3.63) is 0 Å². The fourth-order valence-corrected chi connectivity index (χ4v) is 0.460. The number of carbonyl (C=O) groups excluding carboxylic acids is 1. The van der Waals surface area contributed by atoms with Gasteiger partial charge in [0.05, 0.1) is 0 Å². The third kappa shape index (κ3) is 38.2. The van der Waals surface area contributed by atoms with Gasteiger partial charge in [-0.3, -0.25) is 4.79 Å². The number of halogens is 6. The van der Waals surface area contributed by atoms with E-state index in [1.165, 1.54) is 6.92 Å². The highest BCUT2D eigenvalue weighted by Gasteiger charge is 2.24. The molecule has 2 nitrogen and oxygen atoms in total. The number of rotatable bonds is 2. The highest BCUT2D eigenvalue weighted by molar-refractivity contribution is 5.74. The average molecular weight is 297 g/mol. The van der Waals surface area contributed by atoms with Crippen LogP contribution in [-0.2, 0) is 4.79 Å². The zero-order valence-corrected chi connectivity index (χ0v) is 11.5. The van der Waals surface area contributed by atoms with Crippen LogP contribution in [0.25, 0.3) is 0 Å². The third-order valence-electron chi connectivity index (χ3n) is 1.53. The number of nitrogens with one attached hydrogen (secondary N) is 1. The predicted molar refractivity (Wildman–Crippen MR) is 61.7 cm³/mol. The van der Waals surface area contributed by atoms with Crippen LogP contribution in [0.5, 0.6) is 0 Å². The Balaban J connectivity index is -0.000000203. The maximum absolute atomic E-state index is 11.1. The predicted octanol–water partition coefficient (Wildman–Crippen LogP) is 4.45. The summed E-state index contributed by atoms with van der Waals surface area (Å²) in [7, 11) is 1.63. The maximum Gasteiger partial charge on any atom is 0.389 e. The quantitative estimate of drug-likeness (QED) is 0.750. The summed E-state index contributed by atoms with van der Waals surface area (Å²) < 4.78 is 65.5. The molecule has 0 radical (unpaired) electrons. The molecule has 1 N–H and O–H groups in total. The van der Waals surface area contributed by atoms with Gasteiger partial charge in [-0.25, -0.2) is 0 Å². The van der Waals surface area contributed by atoms with Crippen molar-refractivity contribution in [2.24, 2.45) is 0 Å². The van der Waals surface area contributed by atoms with Crippen LogP contribution in [0.3, 0.4) is 0 Å². The second-order valence-corrected chi connectivity index (χ2v) is 3.36. The zero-order valence-electron chi connectivity index (χ0n) is 11.5. The molecule has 0 bridgehead atoms. The fourth-order valence-electron chi connectivity index (χ4n) is 0.460. The van der Waals surface area contributed by atoms with Gasteiger partial charge < -0.3 is 5.32 Å². The standard InChI is InChI=1S/C4H7F3.C4H9NO.C3H5F3/c1-2-3-4(5,6)7;1-3-4(6)5-2;1-2-3(4,5)6/h2-3H2,1H3;3H2,1-2H3,(H,5,6);2H2,1H3. The highest BCUT2D eigenvalue weighted by Crippen LogP contribution is 2.20. The molecule has 0 aliphatic heterocycles. The Labute approximate surface area is 109 Å². The minimum atomic E-state index is -3.96. The molecule has 1 amide bonds. The van der Waals surface area contributed by atoms with Gasteiger partial charge in [0.2, 0.25) is 5.91 Å². The number of hydrogen-bond donors (Lipinski definition) is 1. The summed E-state index contributed by atoms with van der Waals surface area (Å²) in [5.74, 6) is 0.0926. The first-order chi connectivity index (χ1) is 8.43. The molecule has 0 aliphatic rings. The lowest BCUT2D eigenvalue weighted by Gasteiger charge is -2.00. The molecule has 118 valence electrons. The molecule has 0 heterocycles. The van der Waals surface area contributed by atoms with E-state index in [4.69, 9.17) is 0 Å². The van der Waals surface area contributed by atoms with E-state index in [0.29, 0.717) is 6.42 Å². The van der Waals surface area contributed by atoms with E-state index >= 15 is 0 Å². The summed E-state index contributed by atoms with van der Waals surface area (Å²) in [4.78, 5) is 10.1. The fraction of sp³-hybridized carbons (Fsp3) is 0.909. The van der Waals surface area contributed by atoms with Crippen LogP contribution < -0.4 is 5.32 Å². The molecule has 0 aromatic rings. The lowest BCUT2D eigenvalue weighted by Crippen LogP contribution is -2.15. The molecule has 0 aromatic carbocycles. The van der Waals surface area contributed by atoms with E-state index in [-0.39, 0.29) is 12.3 Å². The van der Waals surface area contributed by atoms with E-state index in [0.717, 1.165) is 6.92 Å². The van der Waals surface area contributed by atoms with Crippen molar-refractivity contribution < 1.29 is 31.1 Å². The summed E-state index contributed by atoms with van der Waals surface area (Å²) in [6.07, 6.45) is -8.53. The Kier molecular flexibility index (Phi) is 14.8. The van der Waals surface area contributed by atoms with Crippen molar-refractivity contribution in [1.82, 2.24) is 5.32 Å². The number of hydrogen-bond acceptors (Lipinski definition) is 1. The van der Waals surface area contributed by atoms with Gasteiger partial charge in [-0.1, -0.05) is 20.8 Å². The van der Waals surface area contributed by atoms with E-state index in [2.05, 4.69) is 5.32 Å². The van der Waals surface area contributed by atoms with Gasteiger partial charge in [-0.15, -0.1) is 0 Å². The molecule has 8 heteroatoms. The van der Waals surface area contributed by atoms with Crippen LogP contribution in [0.2, 0.25) is 0 Å². The van der Waals surface area contributed by atoms with Crippen LogP contribution in [-0.4, -0.2) is 25.3 Å². The molecule has 0 fully saturated rings. The third-order valence-corrected chi connectivity index (χ3v) is 1.53. The van der Waals surface area contributed by atoms with Gasteiger partial charge in [-0.05, 0) is 6.42 Å². The van der Waals surface area contributed by atoms with E-state index in [1.807, 2.05) is 6.92 Å². The smallest absolute Gasteiger partial charge is 0.359 e. The lowest BCUT2D eigenvalue weighted by atomic mass is 10.3. The second kappa shape index (κ2) is 12.1. The minimum absolute atomic E-state index is 0.0926. The molecule has 0 spiro atoms. The Hall–Kier alpha value is -0.950. The van der Waals surface area contributed by atoms with Crippen molar-refractivity contribution in [3.8, 4) is 0 Å². The van der Waals surface area contributed by atoms with Crippen molar-refractivity contribution in [3.63, 3.8) is 0 Å². The van der Waals surface area contributed by atoms with Crippen LogP contribution in [0.1, 0.15) is 46.5 Å². The molecule has 19 heavy (non-hydrogen) atoms. The van der Waals surface area contributed by atoms with Crippen molar-refractivity contribution in [2.45, 2.75) is 58.8 Å². The number of alkyl halides is 6. The van der Waals surface area contributed by atoms with E-state index in [9.17, 15) is 31.1 Å². The zero-order chi connectivity index (χ0) is 16.1. The molecule has 0 saturated heterocycles. The minimum Gasteiger partial charge on any atom is -0.359 e. The largest absolute Gasteiger partial charge is 0.389 e. The van der Waals surface area contributed by atoms with Crippen LogP contribution in [0, 0.1) is 0 Å². The van der Waals surface area contributed by atoms with Crippen LogP contribution in [0.4, 0.5) is 26.3 Å².